The third-order valence-corrected chi connectivity index (χ3v) is 4.83. The largest absolute Gasteiger partial charge is 0.313 e. The maximum absolute atomic E-state index is 3.49. The Morgan fingerprint density at radius 1 is 1.31 bits per heavy atom. The molecule has 0 bridgehead atoms. The zero-order valence-electron chi connectivity index (χ0n) is 10.4. The summed E-state index contributed by atoms with van der Waals surface area (Å²) in [6.07, 6.45) is 1.35. The van der Waals surface area contributed by atoms with Gasteiger partial charge in [-0.3, -0.25) is 0 Å². The van der Waals surface area contributed by atoms with Crippen molar-refractivity contribution in [3.8, 4) is 0 Å². The lowest BCUT2D eigenvalue weighted by molar-refractivity contribution is 0.420. The molecule has 1 N–H and O–H groups in total. The van der Waals surface area contributed by atoms with Crippen molar-refractivity contribution in [1.82, 2.24) is 5.32 Å². The van der Waals surface area contributed by atoms with E-state index in [9.17, 15) is 0 Å². The summed E-state index contributed by atoms with van der Waals surface area (Å²) in [7, 11) is 2.09. The van der Waals surface area contributed by atoms with Gasteiger partial charge in [0.2, 0.25) is 0 Å². The van der Waals surface area contributed by atoms with E-state index in [1.807, 2.05) is 0 Å². The predicted octanol–water partition coefficient (Wildman–Crippen LogP) is 3.32. The number of hydrogen-bond acceptors (Lipinski definition) is 2. The average molecular weight is 235 g/mol. The summed E-state index contributed by atoms with van der Waals surface area (Å²) >= 11 is 2.09. The second kappa shape index (κ2) is 5.24. The van der Waals surface area contributed by atoms with Crippen LogP contribution in [-0.4, -0.2) is 18.6 Å². The quantitative estimate of drug-likeness (QED) is 0.862. The van der Waals surface area contributed by atoms with Crippen molar-refractivity contribution in [2.24, 2.45) is 5.92 Å². The summed E-state index contributed by atoms with van der Waals surface area (Å²) < 4.78 is 0. The van der Waals surface area contributed by atoms with E-state index in [2.05, 4.69) is 56.2 Å². The van der Waals surface area contributed by atoms with Gasteiger partial charge in [-0.15, -0.1) is 0 Å². The third kappa shape index (κ3) is 2.44. The minimum absolute atomic E-state index is 0.536. The van der Waals surface area contributed by atoms with E-state index in [-0.39, 0.29) is 0 Å². The summed E-state index contributed by atoms with van der Waals surface area (Å²) in [6.45, 7) is 4.38. The highest BCUT2D eigenvalue weighted by Gasteiger charge is 2.25. The Hall–Kier alpha value is -0.470. The summed E-state index contributed by atoms with van der Waals surface area (Å²) in [5.41, 5.74) is 4.25. The van der Waals surface area contributed by atoms with Crippen LogP contribution in [0.15, 0.2) is 18.2 Å². The summed E-state index contributed by atoms with van der Waals surface area (Å²) in [4.78, 5) is 0. The molecule has 2 unspecified atom stereocenters. The van der Waals surface area contributed by atoms with Crippen molar-refractivity contribution in [2.75, 3.05) is 18.6 Å². The molecule has 0 amide bonds. The topological polar surface area (TPSA) is 12.0 Å². The van der Waals surface area contributed by atoms with Crippen LogP contribution in [0.3, 0.4) is 0 Å². The van der Waals surface area contributed by atoms with Gasteiger partial charge in [-0.25, -0.2) is 0 Å². The molecule has 2 heteroatoms. The summed E-state index contributed by atoms with van der Waals surface area (Å²) in [5, 5.41) is 3.49. The lowest BCUT2D eigenvalue weighted by Crippen LogP contribution is -2.25. The van der Waals surface area contributed by atoms with Gasteiger partial charge in [0.1, 0.15) is 0 Å². The molecule has 0 aromatic heterocycles. The smallest absolute Gasteiger partial charge is 0.0354 e. The van der Waals surface area contributed by atoms with Gasteiger partial charge in [0.25, 0.3) is 0 Å². The first-order chi connectivity index (χ1) is 7.72. The van der Waals surface area contributed by atoms with Crippen molar-refractivity contribution in [3.63, 3.8) is 0 Å². The van der Waals surface area contributed by atoms with Crippen molar-refractivity contribution in [3.05, 3.63) is 34.9 Å². The fourth-order valence-electron chi connectivity index (χ4n) is 2.45. The summed E-state index contributed by atoms with van der Waals surface area (Å²) in [5.74, 6) is 3.43. The molecule has 2 rings (SSSR count). The Morgan fingerprint density at radius 2 is 2.12 bits per heavy atom. The van der Waals surface area contributed by atoms with Crippen molar-refractivity contribution in [1.29, 1.82) is 0 Å². The van der Waals surface area contributed by atoms with Crippen LogP contribution in [0.2, 0.25) is 0 Å². The lowest BCUT2D eigenvalue weighted by atomic mass is 9.91. The van der Waals surface area contributed by atoms with E-state index < -0.39 is 0 Å². The van der Waals surface area contributed by atoms with Crippen LogP contribution in [0.5, 0.6) is 0 Å². The predicted molar refractivity (Wildman–Crippen MR) is 73.1 cm³/mol. The van der Waals surface area contributed by atoms with E-state index in [0.29, 0.717) is 6.04 Å². The van der Waals surface area contributed by atoms with E-state index in [1.54, 1.807) is 0 Å². The van der Waals surface area contributed by atoms with Gasteiger partial charge < -0.3 is 5.32 Å². The first-order valence-electron chi connectivity index (χ1n) is 6.04. The van der Waals surface area contributed by atoms with Crippen LogP contribution in [0.25, 0.3) is 0 Å². The SMILES string of the molecule is CNC(c1ccc(C)c(C)c1)C1CCSC1. The second-order valence-corrected chi connectivity index (χ2v) is 5.88. The van der Waals surface area contributed by atoms with Gasteiger partial charge in [-0.05, 0) is 61.4 Å². The minimum atomic E-state index is 0.536. The van der Waals surface area contributed by atoms with E-state index in [0.717, 1.165) is 5.92 Å². The number of thioether (sulfide) groups is 1. The fraction of sp³-hybridized carbons (Fsp3) is 0.571. The standard InChI is InChI=1S/C14H21NS/c1-10-4-5-12(8-11(10)2)14(15-3)13-6-7-16-9-13/h4-5,8,13-15H,6-7,9H2,1-3H3. The van der Waals surface area contributed by atoms with Crippen LogP contribution in [0, 0.1) is 19.8 Å². The molecule has 1 aliphatic rings. The van der Waals surface area contributed by atoms with Crippen LogP contribution in [-0.2, 0) is 0 Å². The average Bonchev–Trinajstić information content (AvgIpc) is 2.78. The number of rotatable bonds is 3. The van der Waals surface area contributed by atoms with Crippen LogP contribution in [0.1, 0.15) is 29.2 Å². The Kier molecular flexibility index (Phi) is 3.93. The lowest BCUT2D eigenvalue weighted by Gasteiger charge is -2.23. The molecule has 0 saturated carbocycles. The number of benzene rings is 1. The zero-order chi connectivity index (χ0) is 11.5. The van der Waals surface area contributed by atoms with Crippen molar-refractivity contribution in [2.45, 2.75) is 26.3 Å². The number of aryl methyl sites for hydroxylation is 2. The second-order valence-electron chi connectivity index (χ2n) is 4.73. The first-order valence-corrected chi connectivity index (χ1v) is 7.20. The van der Waals surface area contributed by atoms with Gasteiger partial charge >= 0.3 is 0 Å². The molecule has 88 valence electrons. The van der Waals surface area contributed by atoms with E-state index in [4.69, 9.17) is 0 Å². The highest BCUT2D eigenvalue weighted by molar-refractivity contribution is 7.99. The molecule has 1 saturated heterocycles. The Bertz CT molecular complexity index is 356. The van der Waals surface area contributed by atoms with Crippen molar-refractivity contribution >= 4 is 11.8 Å². The van der Waals surface area contributed by atoms with Gasteiger partial charge in [0, 0.05) is 6.04 Å². The monoisotopic (exact) mass is 235 g/mol. The van der Waals surface area contributed by atoms with Gasteiger partial charge in [-0.2, -0.15) is 11.8 Å². The Morgan fingerprint density at radius 3 is 2.69 bits per heavy atom. The maximum atomic E-state index is 3.49. The molecule has 0 spiro atoms. The third-order valence-electron chi connectivity index (χ3n) is 3.64. The summed E-state index contributed by atoms with van der Waals surface area (Å²) in [6, 6.07) is 7.41. The Labute approximate surface area is 103 Å². The molecule has 1 aliphatic heterocycles. The molecule has 1 fully saturated rings. The number of nitrogens with one attached hydrogen (secondary N) is 1. The van der Waals surface area contributed by atoms with Gasteiger partial charge in [0.05, 0.1) is 0 Å². The fourth-order valence-corrected chi connectivity index (χ4v) is 3.75. The molecule has 0 radical (unpaired) electrons. The highest BCUT2D eigenvalue weighted by Crippen LogP contribution is 2.34. The Balaban J connectivity index is 2.22. The van der Waals surface area contributed by atoms with E-state index in [1.165, 1.54) is 34.6 Å². The minimum Gasteiger partial charge on any atom is -0.313 e. The molecule has 0 aliphatic carbocycles. The molecule has 1 nitrogen and oxygen atoms in total. The van der Waals surface area contributed by atoms with Gasteiger partial charge in [0.15, 0.2) is 0 Å². The molecule has 1 heterocycles. The molecule has 1 aromatic carbocycles. The molecule has 1 aromatic rings. The van der Waals surface area contributed by atoms with Crippen molar-refractivity contribution < 1.29 is 0 Å². The maximum Gasteiger partial charge on any atom is 0.0354 e. The highest BCUT2D eigenvalue weighted by atomic mass is 32.2. The van der Waals surface area contributed by atoms with E-state index >= 15 is 0 Å². The zero-order valence-corrected chi connectivity index (χ0v) is 11.2. The number of hydrogen-bond donors (Lipinski definition) is 1. The normalized spacial score (nSPS) is 22.3. The van der Waals surface area contributed by atoms with Crippen LogP contribution in [0.4, 0.5) is 0 Å². The molecule has 2 atom stereocenters. The van der Waals surface area contributed by atoms with Gasteiger partial charge in [-0.1, -0.05) is 18.2 Å². The molecular weight excluding hydrogens is 214 g/mol. The molecular formula is C14H21NS. The molecule has 16 heavy (non-hydrogen) atoms. The van der Waals surface area contributed by atoms with Crippen LogP contribution >= 0.6 is 11.8 Å². The first kappa shape index (κ1) is 12.0. The van der Waals surface area contributed by atoms with Crippen LogP contribution < -0.4 is 5.32 Å².